The third-order valence-electron chi connectivity index (χ3n) is 4.69. The summed E-state index contributed by atoms with van der Waals surface area (Å²) in [5.41, 5.74) is -0.458. The molecule has 6 nitrogen and oxygen atoms in total. The quantitative estimate of drug-likeness (QED) is 0.187. The Hall–Kier alpha value is -3.94. The smallest absolute Gasteiger partial charge is 0.378 e. The van der Waals surface area contributed by atoms with E-state index in [2.05, 4.69) is 10.5 Å². The minimum absolute atomic E-state index is 0.0513. The predicted octanol–water partition coefficient (Wildman–Crippen LogP) is 5.32. The van der Waals surface area contributed by atoms with Crippen LogP contribution in [0.3, 0.4) is 0 Å². The number of amides is 1. The van der Waals surface area contributed by atoms with Crippen LogP contribution < -0.4 is 9.61 Å². The van der Waals surface area contributed by atoms with Gasteiger partial charge in [-0.15, -0.1) is 0 Å². The molecule has 196 valence electrons. The molecule has 0 saturated heterocycles. The lowest BCUT2D eigenvalue weighted by atomic mass is 10.1. The molecule has 3 rings (SSSR count). The van der Waals surface area contributed by atoms with Crippen LogP contribution in [0.1, 0.15) is 22.3 Å². The molecular formula is C23H15F7N2O4S. The number of nitrogens with zero attached hydrogens (tertiary/aromatic N) is 1. The molecule has 0 radical (unpaired) electrons. The maximum atomic E-state index is 13.6. The summed E-state index contributed by atoms with van der Waals surface area (Å²) in [6.45, 7) is 0. The van der Waals surface area contributed by atoms with Crippen molar-refractivity contribution in [2.75, 3.05) is 0 Å². The van der Waals surface area contributed by atoms with Crippen molar-refractivity contribution in [1.82, 2.24) is 5.43 Å². The molecule has 3 aromatic carbocycles. The van der Waals surface area contributed by atoms with E-state index in [-0.39, 0.29) is 16.9 Å². The first-order valence-electron chi connectivity index (χ1n) is 10.0. The van der Waals surface area contributed by atoms with E-state index in [4.69, 9.17) is 4.18 Å². The van der Waals surface area contributed by atoms with Crippen molar-refractivity contribution in [3.63, 3.8) is 0 Å². The van der Waals surface area contributed by atoms with E-state index in [1.807, 2.05) is 0 Å². The van der Waals surface area contributed by atoms with E-state index >= 15 is 0 Å². The number of hydrogen-bond donors (Lipinski definition) is 1. The van der Waals surface area contributed by atoms with Gasteiger partial charge in [0.25, 0.3) is 0 Å². The predicted molar refractivity (Wildman–Crippen MR) is 117 cm³/mol. The second-order valence-corrected chi connectivity index (χ2v) is 8.93. The van der Waals surface area contributed by atoms with Gasteiger partial charge in [-0.2, -0.15) is 39.9 Å². The van der Waals surface area contributed by atoms with Gasteiger partial charge in [-0.3, -0.25) is 4.79 Å². The van der Waals surface area contributed by atoms with Crippen LogP contribution in [0.5, 0.6) is 5.75 Å². The van der Waals surface area contributed by atoms with E-state index in [0.717, 1.165) is 24.4 Å². The molecule has 1 N–H and O–H groups in total. The fourth-order valence-corrected chi connectivity index (χ4v) is 3.89. The first kappa shape index (κ1) is 27.6. The van der Waals surface area contributed by atoms with Crippen LogP contribution in [0.25, 0.3) is 0 Å². The lowest BCUT2D eigenvalue weighted by Crippen LogP contribution is -2.20. The van der Waals surface area contributed by atoms with E-state index in [9.17, 15) is 43.9 Å². The summed E-state index contributed by atoms with van der Waals surface area (Å²) in [5, 5.41) is 3.62. The van der Waals surface area contributed by atoms with Gasteiger partial charge < -0.3 is 4.18 Å². The molecule has 3 aromatic rings. The van der Waals surface area contributed by atoms with E-state index in [0.29, 0.717) is 24.3 Å². The fourth-order valence-electron chi connectivity index (χ4n) is 2.94. The molecule has 1 amide bonds. The summed E-state index contributed by atoms with van der Waals surface area (Å²) in [5.74, 6) is -2.61. The summed E-state index contributed by atoms with van der Waals surface area (Å²) >= 11 is 0. The number of benzene rings is 3. The van der Waals surface area contributed by atoms with Crippen LogP contribution >= 0.6 is 0 Å². The molecule has 0 heterocycles. The number of para-hydroxylation sites is 1. The van der Waals surface area contributed by atoms with Gasteiger partial charge in [0.05, 0.1) is 23.8 Å². The normalized spacial score (nSPS) is 12.5. The highest BCUT2D eigenvalue weighted by Crippen LogP contribution is 2.32. The van der Waals surface area contributed by atoms with Crippen molar-refractivity contribution >= 4 is 22.2 Å². The molecule has 37 heavy (non-hydrogen) atoms. The van der Waals surface area contributed by atoms with Gasteiger partial charge in [0.15, 0.2) is 5.75 Å². The Morgan fingerprint density at radius 2 is 1.57 bits per heavy atom. The van der Waals surface area contributed by atoms with Crippen molar-refractivity contribution in [2.45, 2.75) is 23.7 Å². The zero-order valence-corrected chi connectivity index (χ0v) is 19.1. The van der Waals surface area contributed by atoms with Crippen molar-refractivity contribution < 1.29 is 48.1 Å². The highest BCUT2D eigenvalue weighted by molar-refractivity contribution is 7.87. The van der Waals surface area contributed by atoms with Gasteiger partial charge in [0.1, 0.15) is 10.7 Å². The molecule has 0 fully saturated rings. The van der Waals surface area contributed by atoms with Crippen molar-refractivity contribution in [3.8, 4) is 5.75 Å². The molecule has 0 aliphatic rings. The molecular weight excluding hydrogens is 533 g/mol. The Bertz CT molecular complexity index is 1420. The molecule has 0 unspecified atom stereocenters. The number of halogens is 7. The van der Waals surface area contributed by atoms with Crippen LogP contribution in [0.2, 0.25) is 0 Å². The molecule has 0 spiro atoms. The second kappa shape index (κ2) is 10.6. The van der Waals surface area contributed by atoms with Gasteiger partial charge in [-0.1, -0.05) is 18.2 Å². The standard InChI is InChI=1S/C23H15F7N2O4S/c24-19-11-14(5-10-18(19)23(28,29)30)12-21(33)32-31-13-15-3-1-2-4-20(15)36-37(34,35)17-8-6-16(7-9-17)22(25,26)27/h1-11,13H,12H2,(H,32,33)/b31-13+. The second-order valence-electron chi connectivity index (χ2n) is 7.38. The van der Waals surface area contributed by atoms with Gasteiger partial charge in [-0.25, -0.2) is 9.82 Å². The van der Waals surface area contributed by atoms with Crippen LogP contribution in [-0.4, -0.2) is 20.5 Å². The Morgan fingerprint density at radius 1 is 0.919 bits per heavy atom. The zero-order chi connectivity index (χ0) is 27.4. The highest BCUT2D eigenvalue weighted by Gasteiger charge is 2.34. The van der Waals surface area contributed by atoms with Crippen molar-refractivity contribution in [3.05, 3.63) is 94.8 Å². The molecule has 0 atom stereocenters. The summed E-state index contributed by atoms with van der Waals surface area (Å²) < 4.78 is 120. The minimum Gasteiger partial charge on any atom is -0.378 e. The summed E-state index contributed by atoms with van der Waals surface area (Å²) in [7, 11) is -4.53. The maximum absolute atomic E-state index is 13.6. The maximum Gasteiger partial charge on any atom is 0.419 e. The van der Waals surface area contributed by atoms with Crippen LogP contribution in [0.4, 0.5) is 30.7 Å². The van der Waals surface area contributed by atoms with Gasteiger partial charge in [0.2, 0.25) is 5.91 Å². The van der Waals surface area contributed by atoms with Crippen molar-refractivity contribution in [1.29, 1.82) is 0 Å². The van der Waals surface area contributed by atoms with Crippen molar-refractivity contribution in [2.24, 2.45) is 5.10 Å². The SMILES string of the molecule is O=C(Cc1ccc(C(F)(F)F)c(F)c1)N/N=C/c1ccccc1OS(=O)(=O)c1ccc(C(F)(F)F)cc1. The Kier molecular flexibility index (Phi) is 7.91. The molecule has 14 heteroatoms. The number of hydrogen-bond acceptors (Lipinski definition) is 5. The number of carbonyl (C=O) groups is 1. The number of alkyl halides is 6. The molecule has 0 bridgehead atoms. The van der Waals surface area contributed by atoms with Crippen LogP contribution in [-0.2, 0) is 33.7 Å². The number of nitrogens with one attached hydrogen (secondary N) is 1. The lowest BCUT2D eigenvalue weighted by Gasteiger charge is -2.11. The zero-order valence-electron chi connectivity index (χ0n) is 18.3. The monoisotopic (exact) mass is 548 g/mol. The van der Waals surface area contributed by atoms with Crippen LogP contribution in [0, 0.1) is 5.82 Å². The van der Waals surface area contributed by atoms with Gasteiger partial charge in [0, 0.05) is 5.56 Å². The summed E-state index contributed by atoms with van der Waals surface area (Å²) in [6.07, 6.45) is -9.04. The number of rotatable bonds is 7. The van der Waals surface area contributed by atoms with E-state index in [1.54, 1.807) is 0 Å². The van der Waals surface area contributed by atoms with Gasteiger partial charge in [-0.05, 0) is 54.1 Å². The minimum atomic E-state index is -4.88. The van der Waals surface area contributed by atoms with E-state index in [1.165, 1.54) is 24.3 Å². The first-order valence-corrected chi connectivity index (χ1v) is 11.5. The summed E-state index contributed by atoms with van der Waals surface area (Å²) in [4.78, 5) is 11.5. The average molecular weight is 548 g/mol. The average Bonchev–Trinajstić information content (AvgIpc) is 2.79. The topological polar surface area (TPSA) is 84.8 Å². The largest absolute Gasteiger partial charge is 0.419 e. The third kappa shape index (κ3) is 7.29. The summed E-state index contributed by atoms with van der Waals surface area (Å²) in [6, 6.07) is 10.1. The Balaban J connectivity index is 1.68. The van der Waals surface area contributed by atoms with Crippen LogP contribution in [0.15, 0.2) is 76.7 Å². The number of carbonyl (C=O) groups excluding carboxylic acids is 1. The third-order valence-corrected chi connectivity index (χ3v) is 5.93. The fraction of sp³-hybridized carbons (Fsp3) is 0.130. The molecule has 0 aromatic heterocycles. The highest BCUT2D eigenvalue weighted by atomic mass is 32.2. The van der Waals surface area contributed by atoms with E-state index < -0.39 is 56.6 Å². The molecule has 0 aliphatic carbocycles. The van der Waals surface area contributed by atoms with Gasteiger partial charge >= 0.3 is 22.5 Å². The molecule has 0 aliphatic heterocycles. The Labute approximate surface area is 205 Å². The molecule has 0 saturated carbocycles. The number of hydrazone groups is 1. The lowest BCUT2D eigenvalue weighted by molar-refractivity contribution is -0.140. The Morgan fingerprint density at radius 3 is 2.16 bits per heavy atom. The first-order chi connectivity index (χ1) is 17.2.